The highest BCUT2D eigenvalue weighted by Gasteiger charge is 2.27. The fraction of sp³-hybridized carbons (Fsp3) is 0.923. The van der Waals surface area contributed by atoms with Gasteiger partial charge in [-0.15, -0.1) is 0 Å². The summed E-state index contributed by atoms with van der Waals surface area (Å²) in [6.45, 7) is 0. The predicted molar refractivity (Wildman–Crippen MR) is 64.9 cm³/mol. The minimum absolute atomic E-state index is 0.238. The van der Waals surface area contributed by atoms with Crippen LogP contribution in [0, 0.1) is 5.92 Å². The van der Waals surface area contributed by atoms with Crippen molar-refractivity contribution in [1.82, 2.24) is 5.32 Å². The minimum atomic E-state index is 0.238. The van der Waals surface area contributed by atoms with Crippen molar-refractivity contribution in [2.45, 2.75) is 69.9 Å². The molecule has 2 saturated carbocycles. The van der Waals surface area contributed by atoms with E-state index >= 15 is 0 Å². The summed E-state index contributed by atoms with van der Waals surface area (Å²) in [7, 11) is 0. The summed E-state index contributed by atoms with van der Waals surface area (Å²) in [6, 6.07) is 0.692. The minimum Gasteiger partial charge on any atom is -0.353 e. The van der Waals surface area contributed by atoms with E-state index in [0.29, 0.717) is 12.1 Å². The Morgan fingerprint density at radius 1 is 1.19 bits per heavy atom. The van der Waals surface area contributed by atoms with Gasteiger partial charge in [-0.05, 0) is 25.2 Å². The Labute approximate surface area is 98.2 Å². The van der Waals surface area contributed by atoms with E-state index in [2.05, 4.69) is 5.32 Å². The lowest BCUT2D eigenvalue weighted by molar-refractivity contribution is -0.122. The van der Waals surface area contributed by atoms with Gasteiger partial charge in [0.15, 0.2) is 0 Å². The second kappa shape index (κ2) is 5.67. The second-order valence-corrected chi connectivity index (χ2v) is 5.54. The number of hydrogen-bond acceptors (Lipinski definition) is 2. The Bertz CT molecular complexity index is 230. The van der Waals surface area contributed by atoms with E-state index in [1.807, 2.05) is 0 Å². The summed E-state index contributed by atoms with van der Waals surface area (Å²) in [5.74, 6) is 1.05. The number of carbonyl (C=O) groups excluding carboxylic acids is 1. The van der Waals surface area contributed by atoms with Gasteiger partial charge in [0, 0.05) is 18.5 Å². The molecule has 0 aromatic rings. The van der Waals surface area contributed by atoms with Gasteiger partial charge in [-0.2, -0.15) is 0 Å². The lowest BCUT2D eigenvalue weighted by atomic mass is 9.85. The first kappa shape index (κ1) is 11.9. The zero-order valence-corrected chi connectivity index (χ0v) is 10.1. The highest BCUT2D eigenvalue weighted by molar-refractivity contribution is 5.76. The van der Waals surface area contributed by atoms with Gasteiger partial charge in [-0.25, -0.2) is 0 Å². The summed E-state index contributed by atoms with van der Waals surface area (Å²) >= 11 is 0. The van der Waals surface area contributed by atoms with Crippen molar-refractivity contribution < 1.29 is 4.79 Å². The van der Waals surface area contributed by atoms with Crippen molar-refractivity contribution in [2.75, 3.05) is 0 Å². The standard InChI is InChI=1S/C13H24N2O/c14-11-8-12(9-11)15-13(16)7-6-10-4-2-1-3-5-10/h10-12H,1-9,14H2,(H,15,16). The zero-order valence-electron chi connectivity index (χ0n) is 10.1. The third-order valence-corrected chi connectivity index (χ3v) is 4.04. The van der Waals surface area contributed by atoms with Crippen molar-refractivity contribution in [3.8, 4) is 0 Å². The first-order chi connectivity index (χ1) is 7.74. The van der Waals surface area contributed by atoms with E-state index in [9.17, 15) is 4.79 Å². The maximum Gasteiger partial charge on any atom is 0.220 e. The zero-order chi connectivity index (χ0) is 11.4. The summed E-state index contributed by atoms with van der Waals surface area (Å²) in [4.78, 5) is 11.6. The van der Waals surface area contributed by atoms with Crippen LogP contribution in [0.15, 0.2) is 0 Å². The number of rotatable bonds is 4. The van der Waals surface area contributed by atoms with E-state index in [1.165, 1.54) is 32.1 Å². The van der Waals surface area contributed by atoms with Gasteiger partial charge >= 0.3 is 0 Å². The normalized spacial score (nSPS) is 30.8. The fourth-order valence-corrected chi connectivity index (χ4v) is 2.89. The molecule has 0 radical (unpaired) electrons. The third-order valence-electron chi connectivity index (χ3n) is 4.04. The van der Waals surface area contributed by atoms with E-state index in [-0.39, 0.29) is 5.91 Å². The van der Waals surface area contributed by atoms with Gasteiger partial charge in [-0.1, -0.05) is 32.1 Å². The summed E-state index contributed by atoms with van der Waals surface area (Å²) in [6.07, 6.45) is 10.5. The lowest BCUT2D eigenvalue weighted by Crippen LogP contribution is -2.50. The largest absolute Gasteiger partial charge is 0.353 e. The van der Waals surface area contributed by atoms with E-state index in [4.69, 9.17) is 5.73 Å². The Hall–Kier alpha value is -0.570. The highest BCUT2D eigenvalue weighted by Crippen LogP contribution is 2.27. The Balaban J connectivity index is 1.56. The fourth-order valence-electron chi connectivity index (χ4n) is 2.89. The molecule has 2 rings (SSSR count). The van der Waals surface area contributed by atoms with Crippen LogP contribution in [0.1, 0.15) is 57.8 Å². The molecule has 0 spiro atoms. The number of nitrogens with two attached hydrogens (primary N) is 1. The van der Waals surface area contributed by atoms with Crippen molar-refractivity contribution in [2.24, 2.45) is 11.7 Å². The van der Waals surface area contributed by atoms with Crippen molar-refractivity contribution in [3.63, 3.8) is 0 Å². The molecule has 0 saturated heterocycles. The van der Waals surface area contributed by atoms with Crippen molar-refractivity contribution in [3.05, 3.63) is 0 Å². The van der Waals surface area contributed by atoms with Gasteiger partial charge in [-0.3, -0.25) is 4.79 Å². The highest BCUT2D eigenvalue weighted by atomic mass is 16.1. The number of amides is 1. The average molecular weight is 224 g/mol. The molecule has 0 unspecified atom stereocenters. The van der Waals surface area contributed by atoms with Crippen LogP contribution >= 0.6 is 0 Å². The summed E-state index contributed by atoms with van der Waals surface area (Å²) in [5.41, 5.74) is 5.68. The monoisotopic (exact) mass is 224 g/mol. The van der Waals surface area contributed by atoms with E-state index in [1.54, 1.807) is 0 Å². The molecular formula is C13H24N2O. The van der Waals surface area contributed by atoms with Crippen LogP contribution in [0.2, 0.25) is 0 Å². The van der Waals surface area contributed by atoms with Gasteiger partial charge < -0.3 is 11.1 Å². The van der Waals surface area contributed by atoms with Gasteiger partial charge in [0.25, 0.3) is 0 Å². The molecule has 92 valence electrons. The Kier molecular flexibility index (Phi) is 4.22. The summed E-state index contributed by atoms with van der Waals surface area (Å²) < 4.78 is 0. The number of hydrogen-bond donors (Lipinski definition) is 2. The quantitative estimate of drug-likeness (QED) is 0.767. The molecule has 3 N–H and O–H groups in total. The second-order valence-electron chi connectivity index (χ2n) is 5.54. The molecule has 3 nitrogen and oxygen atoms in total. The predicted octanol–water partition coefficient (Wildman–Crippen LogP) is 1.95. The average Bonchev–Trinajstić information content (AvgIpc) is 2.26. The van der Waals surface area contributed by atoms with Crippen LogP contribution in [-0.2, 0) is 4.79 Å². The molecule has 0 aromatic carbocycles. The maximum absolute atomic E-state index is 11.6. The molecule has 2 fully saturated rings. The lowest BCUT2D eigenvalue weighted by Gasteiger charge is -2.33. The van der Waals surface area contributed by atoms with Crippen molar-refractivity contribution >= 4 is 5.91 Å². The topological polar surface area (TPSA) is 55.1 Å². The molecule has 0 heterocycles. The molecule has 1 amide bonds. The van der Waals surface area contributed by atoms with Crippen LogP contribution in [0.5, 0.6) is 0 Å². The van der Waals surface area contributed by atoms with Crippen LogP contribution in [0.3, 0.4) is 0 Å². The SMILES string of the molecule is NC1CC(NC(=O)CCC2CCCCC2)C1. The van der Waals surface area contributed by atoms with Crippen LogP contribution in [0.25, 0.3) is 0 Å². The molecular weight excluding hydrogens is 200 g/mol. The molecule has 0 aromatic heterocycles. The Morgan fingerprint density at radius 3 is 2.50 bits per heavy atom. The van der Waals surface area contributed by atoms with Gasteiger partial charge in [0.2, 0.25) is 5.91 Å². The van der Waals surface area contributed by atoms with Crippen molar-refractivity contribution in [1.29, 1.82) is 0 Å². The first-order valence-corrected chi connectivity index (χ1v) is 6.79. The van der Waals surface area contributed by atoms with Gasteiger partial charge in [0.1, 0.15) is 0 Å². The van der Waals surface area contributed by atoms with E-state index in [0.717, 1.165) is 31.6 Å². The summed E-state index contributed by atoms with van der Waals surface area (Å²) in [5, 5.41) is 3.07. The third kappa shape index (κ3) is 3.48. The molecule has 2 aliphatic carbocycles. The molecule has 3 heteroatoms. The van der Waals surface area contributed by atoms with E-state index < -0.39 is 0 Å². The maximum atomic E-state index is 11.6. The van der Waals surface area contributed by atoms with Crippen LogP contribution < -0.4 is 11.1 Å². The molecule has 0 aliphatic heterocycles. The smallest absolute Gasteiger partial charge is 0.220 e. The van der Waals surface area contributed by atoms with Crippen LogP contribution in [0.4, 0.5) is 0 Å². The molecule has 2 aliphatic rings. The molecule has 16 heavy (non-hydrogen) atoms. The van der Waals surface area contributed by atoms with Crippen LogP contribution in [-0.4, -0.2) is 18.0 Å². The van der Waals surface area contributed by atoms with Gasteiger partial charge in [0.05, 0.1) is 0 Å². The number of carbonyl (C=O) groups is 1. The molecule has 0 atom stereocenters. The Morgan fingerprint density at radius 2 is 1.88 bits per heavy atom. The first-order valence-electron chi connectivity index (χ1n) is 6.79. The number of nitrogens with one attached hydrogen (secondary N) is 1. The molecule has 0 bridgehead atoms.